The molecule has 0 aromatic heterocycles. The summed E-state index contributed by atoms with van der Waals surface area (Å²) in [5, 5.41) is 0. The monoisotopic (exact) mass is 579 g/mol. The maximum Gasteiger partial charge on any atom is 0.215 e. The molecule has 0 aliphatic heterocycles. The lowest BCUT2D eigenvalue weighted by atomic mass is 15.8. The molecule has 0 rings (SSSR count). The van der Waals surface area contributed by atoms with Gasteiger partial charge in [0.05, 0.1) is 0 Å². The lowest BCUT2D eigenvalue weighted by Crippen LogP contribution is -1.91. The molecule has 0 aromatic rings. The molecular weight excluding hydrogens is 576 g/mol. The number of hydrogen-bond acceptors (Lipinski definition) is 21. The van der Waals surface area contributed by atoms with E-state index in [0.29, 0.717) is 0 Å². The second-order valence-electron chi connectivity index (χ2n) is 2.51. The van der Waals surface area contributed by atoms with Crippen LogP contribution >= 0.6 is 0 Å². The first kappa shape index (κ1) is 43.2. The fraction of sp³-hybridized carbons (Fsp3) is 0. The zero-order chi connectivity index (χ0) is 27.0. The van der Waals surface area contributed by atoms with Crippen LogP contribution < -0.4 is 0 Å². The third-order valence-corrected chi connectivity index (χ3v) is 0. The Hall–Kier alpha value is -0.780. The van der Waals surface area contributed by atoms with Crippen LogP contribution in [0.5, 0.6) is 0 Å². The van der Waals surface area contributed by atoms with Crippen molar-refractivity contribution in [3.05, 3.63) is 0 Å². The van der Waals surface area contributed by atoms with Crippen molar-refractivity contribution in [3.63, 3.8) is 0 Å². The van der Waals surface area contributed by atoms with Gasteiger partial charge in [0.2, 0.25) is 31.2 Å². The molecule has 0 heterocycles. The van der Waals surface area contributed by atoms with E-state index in [-0.39, 0.29) is 0 Å². The minimum Gasteiger partial charge on any atom is -0.759 e. The summed E-state index contributed by atoms with van der Waals surface area (Å²) in [6, 6.07) is 0. The molecule has 30 heteroatoms. The Morgan fingerprint density at radius 1 is 0.300 bits per heavy atom. The zero-order valence-electron chi connectivity index (χ0n) is 12.4. The molecule has 0 radical (unpaired) electrons. The van der Waals surface area contributed by atoms with Crippen molar-refractivity contribution >= 4 is 62.4 Å². The summed E-state index contributed by atoms with van der Waals surface area (Å²) >= 11 is 0. The minimum absolute atomic E-state index is 4.92. The van der Waals surface area contributed by atoms with E-state index in [9.17, 15) is 0 Å². The van der Waals surface area contributed by atoms with Gasteiger partial charge in [-0.05, 0) is 0 Å². The zero-order valence-corrected chi connectivity index (χ0v) is 17.3. The smallest absolute Gasteiger partial charge is 0.215 e. The normalized spacial score (nSPS) is 11.6. The van der Waals surface area contributed by atoms with Crippen molar-refractivity contribution in [1.29, 1.82) is 0 Å². The predicted octanol–water partition coefficient (Wildman–Crippen LogP) is -7.00. The average Bonchev–Trinajstić information content (AvgIpc) is 1.94. The molecule has 0 aliphatic rings. The van der Waals surface area contributed by atoms with Gasteiger partial charge in [-0.1, -0.05) is 0 Å². The lowest BCUT2D eigenvalue weighted by Gasteiger charge is -2.06. The Bertz CT molecular complexity index is 754. The maximum absolute atomic E-state index is 8.63. The summed E-state index contributed by atoms with van der Waals surface area (Å²) < 4.78 is 201. The van der Waals surface area contributed by atoms with Crippen LogP contribution in [-0.4, -0.2) is 105 Å². The maximum atomic E-state index is 8.63. The van der Waals surface area contributed by atoms with Crippen LogP contribution in [0.25, 0.3) is 0 Å². The van der Waals surface area contributed by atoms with Gasteiger partial charge in [-0.15, -0.1) is 0 Å². The fourth-order valence-corrected chi connectivity index (χ4v) is 0. The van der Waals surface area contributed by atoms with Crippen molar-refractivity contribution in [1.82, 2.24) is 0 Å². The van der Waals surface area contributed by atoms with E-state index in [2.05, 4.69) is 0 Å². The van der Waals surface area contributed by atoms with Crippen LogP contribution in [0, 0.1) is 0 Å². The standard InChI is InChI=1S/6H2O4S/c6*1-5(2,3)4/h6*(H2,1,2,3,4)/p-9. The molecule has 0 atom stereocenters. The molecule has 24 nitrogen and oxygen atoms in total. The fourth-order valence-electron chi connectivity index (χ4n) is 0. The average molecular weight is 579 g/mol. The molecule has 0 aliphatic carbocycles. The quantitative estimate of drug-likeness (QED) is 0.177. The molecule has 0 bridgehead atoms. The molecule has 0 spiro atoms. The summed E-state index contributed by atoms with van der Waals surface area (Å²) in [5.41, 5.74) is 0. The Kier molecular flexibility index (Phi) is 24.2. The molecule has 3 N–H and O–H groups in total. The van der Waals surface area contributed by atoms with E-state index in [1.165, 1.54) is 0 Å². The first-order valence-electron chi connectivity index (χ1n) is 4.05. The Balaban J connectivity index is -0.0000000576. The van der Waals surface area contributed by atoms with E-state index < -0.39 is 62.4 Å². The van der Waals surface area contributed by atoms with Gasteiger partial charge in [-0.25, -0.2) is 25.3 Å². The molecule has 0 amide bonds. The molecule has 30 heavy (non-hydrogen) atoms. The Morgan fingerprint density at radius 3 is 0.300 bits per heavy atom. The molecule has 0 fully saturated rings. The molecule has 0 unspecified atom stereocenters. The Labute approximate surface area is 167 Å². The van der Waals surface area contributed by atoms with Crippen LogP contribution in [0.15, 0.2) is 0 Å². The first-order valence-corrected chi connectivity index (χ1v) is 12.1. The number of rotatable bonds is 0. The van der Waals surface area contributed by atoms with Crippen LogP contribution in [0.4, 0.5) is 0 Å². The van der Waals surface area contributed by atoms with Gasteiger partial charge >= 0.3 is 0 Å². The molecule has 0 saturated heterocycles. The summed E-state index contributed by atoms with van der Waals surface area (Å²) in [5.74, 6) is 0. The highest BCUT2D eigenvalue weighted by Crippen LogP contribution is 1.60. The van der Waals surface area contributed by atoms with Crippen LogP contribution in [0.2, 0.25) is 0 Å². The van der Waals surface area contributed by atoms with Crippen LogP contribution in [0.1, 0.15) is 0 Å². The van der Waals surface area contributed by atoms with Crippen LogP contribution in [-0.2, 0) is 62.4 Å². The molecule has 0 aromatic carbocycles. The minimum atomic E-state index is -5.17. The first-order chi connectivity index (χ1) is 12.0. The summed E-state index contributed by atoms with van der Waals surface area (Å²) in [6.45, 7) is 0. The van der Waals surface area contributed by atoms with Crippen molar-refractivity contribution in [2.45, 2.75) is 0 Å². The van der Waals surface area contributed by atoms with E-state index in [0.717, 1.165) is 0 Å². The van der Waals surface area contributed by atoms with Crippen molar-refractivity contribution in [3.8, 4) is 0 Å². The van der Waals surface area contributed by atoms with E-state index >= 15 is 0 Å². The van der Waals surface area contributed by atoms with Crippen LogP contribution in [0.3, 0.4) is 0 Å². The van der Waals surface area contributed by atoms with Gasteiger partial charge in [-0.2, -0.15) is 0 Å². The van der Waals surface area contributed by atoms with Gasteiger partial charge in [0.1, 0.15) is 0 Å². The van der Waals surface area contributed by atoms with Gasteiger partial charge in [0.15, 0.2) is 0 Å². The highest BCUT2D eigenvalue weighted by atomic mass is 32.3. The SMILES string of the molecule is O=S(=O)([O-])O.O=S(=O)([O-])O.O=S(=O)([O-])O.O=S(=O)([O-])[O-].O=S(=O)([O-])[O-].O=S(=O)([O-])[O-]. The topological polar surface area (TPSA) is 473 Å². The summed E-state index contributed by atoms with van der Waals surface area (Å²) in [7, 11) is -30.2. The van der Waals surface area contributed by atoms with Gasteiger partial charge in [-0.3, -0.25) is 38.9 Å². The third kappa shape index (κ3) is 30800. The van der Waals surface area contributed by atoms with E-state index in [1.807, 2.05) is 0 Å². The van der Waals surface area contributed by atoms with Gasteiger partial charge < -0.3 is 41.0 Å². The van der Waals surface area contributed by atoms with Crippen molar-refractivity contribution in [2.75, 3.05) is 0 Å². The molecular formula is H3O24S6-9. The Morgan fingerprint density at radius 2 is 0.300 bits per heavy atom. The van der Waals surface area contributed by atoms with Crippen molar-refractivity contribution < 1.29 is 105 Å². The second-order valence-corrected chi connectivity index (χ2v) is 7.52. The lowest BCUT2D eigenvalue weighted by molar-refractivity contribution is 0.350. The predicted molar refractivity (Wildman–Crippen MR) is 68.4 cm³/mol. The van der Waals surface area contributed by atoms with E-state index in [4.69, 9.17) is 105 Å². The summed E-state index contributed by atoms with van der Waals surface area (Å²) in [4.78, 5) is 0. The highest BCUT2D eigenvalue weighted by Gasteiger charge is 1.68. The van der Waals surface area contributed by atoms with Crippen molar-refractivity contribution in [2.24, 2.45) is 0 Å². The summed E-state index contributed by atoms with van der Waals surface area (Å²) in [6.07, 6.45) is 0. The highest BCUT2D eigenvalue weighted by molar-refractivity contribution is 7.80. The molecule has 192 valence electrons. The number of hydrogen-bond donors (Lipinski definition) is 3. The third-order valence-electron chi connectivity index (χ3n) is 0. The molecule has 0 saturated carbocycles. The second kappa shape index (κ2) is 16.9. The van der Waals surface area contributed by atoms with E-state index in [1.54, 1.807) is 0 Å². The van der Waals surface area contributed by atoms with Gasteiger partial charge in [0, 0.05) is 31.2 Å². The van der Waals surface area contributed by atoms with Gasteiger partial charge in [0.25, 0.3) is 0 Å². The largest absolute Gasteiger partial charge is 0.759 e.